The average Bonchev–Trinajstić information content (AvgIpc) is 3.05. The third kappa shape index (κ3) is 2.25. The zero-order valence-corrected chi connectivity index (χ0v) is 9.77. The lowest BCUT2D eigenvalue weighted by Crippen LogP contribution is -2.30. The van der Waals surface area contributed by atoms with Gasteiger partial charge in [0, 0.05) is 12.1 Å². The van der Waals surface area contributed by atoms with Crippen LogP contribution in [0.25, 0.3) is 0 Å². The minimum absolute atomic E-state index is 0.0444. The van der Waals surface area contributed by atoms with E-state index in [1.165, 1.54) is 0 Å². The van der Waals surface area contributed by atoms with Gasteiger partial charge in [0.1, 0.15) is 0 Å². The number of nitrogens with one attached hydrogen (secondary N) is 2. The Kier molecular flexibility index (Phi) is 3.04. The van der Waals surface area contributed by atoms with Gasteiger partial charge in [-0.3, -0.25) is 9.63 Å². The molecule has 1 aromatic rings. The van der Waals surface area contributed by atoms with Crippen LogP contribution < -0.4 is 20.3 Å². The van der Waals surface area contributed by atoms with Gasteiger partial charge in [0.15, 0.2) is 11.5 Å². The number of hydroxylamine groups is 1. The quantitative estimate of drug-likeness (QED) is 0.762. The molecule has 2 heterocycles. The van der Waals surface area contributed by atoms with Crippen molar-refractivity contribution in [2.45, 2.75) is 12.5 Å². The summed E-state index contributed by atoms with van der Waals surface area (Å²) < 4.78 is 10.4. The Labute approximate surface area is 104 Å². The highest BCUT2D eigenvalue weighted by molar-refractivity contribution is 5.94. The number of fused-ring (bicyclic) bond motifs is 1. The summed E-state index contributed by atoms with van der Waals surface area (Å²) in [5.74, 6) is 0.970. The van der Waals surface area contributed by atoms with Crippen LogP contribution in [0.4, 0.5) is 0 Å². The number of ether oxygens (including phenoxy) is 2. The van der Waals surface area contributed by atoms with Gasteiger partial charge < -0.3 is 14.8 Å². The van der Waals surface area contributed by atoms with Crippen LogP contribution in [0.3, 0.4) is 0 Å². The molecule has 2 aliphatic rings. The van der Waals surface area contributed by atoms with Gasteiger partial charge in [-0.2, -0.15) is 0 Å². The number of rotatable bonds is 3. The van der Waals surface area contributed by atoms with Gasteiger partial charge in [0.05, 0.1) is 6.10 Å². The number of carbonyl (C=O) groups is 1. The fraction of sp³-hybridized carbons (Fsp3) is 0.417. The summed E-state index contributed by atoms with van der Waals surface area (Å²) in [4.78, 5) is 17.2. The van der Waals surface area contributed by atoms with Gasteiger partial charge in [0.25, 0.3) is 5.91 Å². The molecule has 2 N–H and O–H groups in total. The molecule has 0 bridgehead atoms. The van der Waals surface area contributed by atoms with E-state index in [9.17, 15) is 4.79 Å². The molecule has 0 radical (unpaired) electrons. The summed E-state index contributed by atoms with van der Waals surface area (Å²) in [6.07, 6.45) is 0.949. The van der Waals surface area contributed by atoms with Crippen molar-refractivity contribution in [1.82, 2.24) is 10.8 Å². The van der Waals surface area contributed by atoms with Crippen LogP contribution in [-0.4, -0.2) is 31.9 Å². The molecule has 1 fully saturated rings. The van der Waals surface area contributed by atoms with Crippen molar-refractivity contribution < 1.29 is 19.1 Å². The molecule has 6 nitrogen and oxygen atoms in total. The zero-order chi connectivity index (χ0) is 12.4. The maximum Gasteiger partial charge on any atom is 0.274 e. The smallest absolute Gasteiger partial charge is 0.274 e. The number of benzene rings is 1. The highest BCUT2D eigenvalue weighted by atomic mass is 16.7. The fourth-order valence-electron chi connectivity index (χ4n) is 1.96. The summed E-state index contributed by atoms with van der Waals surface area (Å²) in [6, 6.07) is 5.04. The van der Waals surface area contributed by atoms with E-state index in [0.717, 1.165) is 19.5 Å². The topological polar surface area (TPSA) is 68.8 Å². The lowest BCUT2D eigenvalue weighted by molar-refractivity contribution is -0.00681. The minimum atomic E-state index is -0.278. The highest BCUT2D eigenvalue weighted by Crippen LogP contribution is 2.32. The molecule has 0 aromatic heterocycles. The Morgan fingerprint density at radius 1 is 1.39 bits per heavy atom. The molecular formula is C12H14N2O4. The molecule has 96 valence electrons. The van der Waals surface area contributed by atoms with Crippen LogP contribution in [0, 0.1) is 0 Å². The molecule has 1 saturated heterocycles. The van der Waals surface area contributed by atoms with Crippen LogP contribution in [0.2, 0.25) is 0 Å². The standard InChI is InChI=1S/C12H14N2O4/c15-12(14-18-9-3-4-13-6-9)8-1-2-10-11(5-8)17-7-16-10/h1-2,5,9,13H,3-4,6-7H2,(H,14,15). The molecule has 0 aliphatic carbocycles. The van der Waals surface area contributed by atoms with Crippen LogP contribution in [0.5, 0.6) is 11.5 Å². The molecule has 2 aliphatic heterocycles. The second kappa shape index (κ2) is 4.83. The molecule has 18 heavy (non-hydrogen) atoms. The lowest BCUT2D eigenvalue weighted by Gasteiger charge is -2.10. The number of hydrogen-bond donors (Lipinski definition) is 2. The normalized spacial score (nSPS) is 21.0. The largest absolute Gasteiger partial charge is 0.454 e. The van der Waals surface area contributed by atoms with Gasteiger partial charge in [-0.15, -0.1) is 0 Å². The molecule has 6 heteroatoms. The summed E-state index contributed by atoms with van der Waals surface area (Å²) >= 11 is 0. The first-order chi connectivity index (χ1) is 8.83. The maximum atomic E-state index is 11.8. The van der Waals surface area contributed by atoms with Crippen molar-refractivity contribution in [2.24, 2.45) is 0 Å². The zero-order valence-electron chi connectivity index (χ0n) is 9.77. The molecule has 3 rings (SSSR count). The SMILES string of the molecule is O=C(NOC1CCNC1)c1ccc2c(c1)OCO2. The summed E-state index contributed by atoms with van der Waals surface area (Å²) in [6.45, 7) is 1.89. The molecule has 0 spiro atoms. The van der Waals surface area contributed by atoms with Crippen molar-refractivity contribution in [3.63, 3.8) is 0 Å². The van der Waals surface area contributed by atoms with Gasteiger partial charge in [-0.05, 0) is 31.2 Å². The first-order valence-corrected chi connectivity index (χ1v) is 5.89. The van der Waals surface area contributed by atoms with Crippen molar-refractivity contribution in [3.8, 4) is 11.5 Å². The Bertz CT molecular complexity index is 457. The van der Waals surface area contributed by atoms with E-state index in [0.29, 0.717) is 17.1 Å². The molecule has 1 amide bonds. The summed E-state index contributed by atoms with van der Waals surface area (Å²) in [7, 11) is 0. The molecule has 1 aromatic carbocycles. The average molecular weight is 250 g/mol. The van der Waals surface area contributed by atoms with E-state index in [4.69, 9.17) is 14.3 Å². The monoisotopic (exact) mass is 250 g/mol. The number of amides is 1. The highest BCUT2D eigenvalue weighted by Gasteiger charge is 2.19. The minimum Gasteiger partial charge on any atom is -0.454 e. The van der Waals surface area contributed by atoms with Crippen molar-refractivity contribution in [2.75, 3.05) is 19.9 Å². The maximum absolute atomic E-state index is 11.8. The van der Waals surface area contributed by atoms with Crippen molar-refractivity contribution >= 4 is 5.91 Å². The predicted octanol–water partition coefficient (Wildman–Crippen LogP) is 0.439. The van der Waals surface area contributed by atoms with E-state index >= 15 is 0 Å². The third-order valence-corrected chi connectivity index (χ3v) is 2.97. The Morgan fingerprint density at radius 3 is 3.11 bits per heavy atom. The van der Waals surface area contributed by atoms with Gasteiger partial charge >= 0.3 is 0 Å². The van der Waals surface area contributed by atoms with Gasteiger partial charge in [0.2, 0.25) is 6.79 Å². The van der Waals surface area contributed by atoms with E-state index in [1.54, 1.807) is 18.2 Å². The van der Waals surface area contributed by atoms with E-state index in [-0.39, 0.29) is 18.8 Å². The summed E-state index contributed by atoms with van der Waals surface area (Å²) in [5.41, 5.74) is 2.95. The van der Waals surface area contributed by atoms with Crippen LogP contribution in [-0.2, 0) is 4.84 Å². The predicted molar refractivity (Wildman–Crippen MR) is 62.4 cm³/mol. The number of carbonyl (C=O) groups excluding carboxylic acids is 1. The Hall–Kier alpha value is -1.79. The molecular weight excluding hydrogens is 236 g/mol. The van der Waals surface area contributed by atoms with E-state index in [2.05, 4.69) is 10.8 Å². The summed E-state index contributed by atoms with van der Waals surface area (Å²) in [5, 5.41) is 3.16. The van der Waals surface area contributed by atoms with Crippen LogP contribution in [0.1, 0.15) is 16.8 Å². The van der Waals surface area contributed by atoms with E-state index < -0.39 is 0 Å². The van der Waals surface area contributed by atoms with Crippen LogP contribution in [0.15, 0.2) is 18.2 Å². The number of hydrogen-bond acceptors (Lipinski definition) is 5. The Morgan fingerprint density at radius 2 is 2.28 bits per heavy atom. The van der Waals surface area contributed by atoms with E-state index in [1.807, 2.05) is 0 Å². The first kappa shape index (κ1) is 11.3. The molecule has 1 atom stereocenters. The van der Waals surface area contributed by atoms with Gasteiger partial charge in [-0.25, -0.2) is 5.48 Å². The molecule has 1 unspecified atom stereocenters. The first-order valence-electron chi connectivity index (χ1n) is 5.89. The van der Waals surface area contributed by atoms with Gasteiger partial charge in [-0.1, -0.05) is 0 Å². The molecule has 0 saturated carbocycles. The Balaban J connectivity index is 1.61. The second-order valence-corrected chi connectivity index (χ2v) is 4.23. The van der Waals surface area contributed by atoms with Crippen molar-refractivity contribution in [3.05, 3.63) is 23.8 Å². The van der Waals surface area contributed by atoms with Crippen molar-refractivity contribution in [1.29, 1.82) is 0 Å². The third-order valence-electron chi connectivity index (χ3n) is 2.97. The van der Waals surface area contributed by atoms with Crippen LogP contribution >= 0.6 is 0 Å². The fourth-order valence-corrected chi connectivity index (χ4v) is 1.96. The lowest BCUT2D eigenvalue weighted by atomic mass is 10.2. The second-order valence-electron chi connectivity index (χ2n) is 4.23.